The van der Waals surface area contributed by atoms with Crippen LogP contribution in [0.25, 0.3) is 5.57 Å². The van der Waals surface area contributed by atoms with Crippen LogP contribution in [0.5, 0.6) is 0 Å². The average Bonchev–Trinajstić information content (AvgIpc) is 2.43. The third-order valence-electron chi connectivity index (χ3n) is 3.00. The number of amides is 2. The molecule has 1 aromatic rings. The van der Waals surface area contributed by atoms with Crippen LogP contribution in [0.3, 0.4) is 0 Å². The monoisotopic (exact) mass is 296 g/mol. The van der Waals surface area contributed by atoms with E-state index in [-0.39, 0.29) is 18.8 Å². The highest BCUT2D eigenvalue weighted by Gasteiger charge is 2.26. The highest BCUT2D eigenvalue weighted by molar-refractivity contribution is 5.84. The van der Waals surface area contributed by atoms with E-state index < -0.39 is 23.6 Å². The first-order chi connectivity index (χ1) is 9.90. The molecular weight excluding hydrogens is 282 g/mol. The zero-order valence-electron chi connectivity index (χ0n) is 11.6. The lowest BCUT2D eigenvalue weighted by atomic mass is 10.0. The van der Waals surface area contributed by atoms with E-state index in [0.29, 0.717) is 5.57 Å². The second-order valence-electron chi connectivity index (χ2n) is 4.63. The van der Waals surface area contributed by atoms with Crippen molar-refractivity contribution in [2.75, 3.05) is 20.3 Å². The van der Waals surface area contributed by atoms with Gasteiger partial charge in [-0.05, 0) is 11.6 Å². The minimum Gasteiger partial charge on any atom is -0.444 e. The van der Waals surface area contributed by atoms with Crippen molar-refractivity contribution in [2.24, 2.45) is 0 Å². The van der Waals surface area contributed by atoms with Crippen LogP contribution < -0.4 is 0 Å². The summed E-state index contributed by atoms with van der Waals surface area (Å²) >= 11 is 0. The zero-order valence-corrected chi connectivity index (χ0v) is 11.6. The normalized spacial score (nSPS) is 15.0. The fourth-order valence-electron chi connectivity index (χ4n) is 1.99. The average molecular weight is 296 g/mol. The van der Waals surface area contributed by atoms with Gasteiger partial charge in [0.05, 0.1) is 0 Å². The molecule has 0 atom stereocenters. The molecule has 5 nitrogen and oxygen atoms in total. The number of halogens is 2. The second-order valence-corrected chi connectivity index (χ2v) is 4.63. The summed E-state index contributed by atoms with van der Waals surface area (Å²) in [5.41, 5.74) is 0.489. The van der Waals surface area contributed by atoms with Gasteiger partial charge in [-0.3, -0.25) is 9.69 Å². The summed E-state index contributed by atoms with van der Waals surface area (Å²) in [6, 6.07) is 3.45. The molecule has 21 heavy (non-hydrogen) atoms. The Morgan fingerprint density at radius 3 is 2.76 bits per heavy atom. The standard InChI is InChI=1S/C14H14F2N2O3/c1-9(19)21-8-18-7-10(6-17(2)14(18)20)11-4-3-5-12(15)13(11)16/h3-5,7H,6,8H2,1-2H3. The van der Waals surface area contributed by atoms with Gasteiger partial charge in [0.15, 0.2) is 18.4 Å². The molecule has 2 rings (SSSR count). The predicted molar refractivity (Wildman–Crippen MR) is 70.8 cm³/mol. The van der Waals surface area contributed by atoms with Crippen molar-refractivity contribution >= 4 is 17.6 Å². The van der Waals surface area contributed by atoms with Crippen molar-refractivity contribution in [3.63, 3.8) is 0 Å². The van der Waals surface area contributed by atoms with E-state index in [1.807, 2.05) is 0 Å². The van der Waals surface area contributed by atoms with Crippen molar-refractivity contribution in [1.29, 1.82) is 0 Å². The number of hydrogen-bond donors (Lipinski definition) is 0. The van der Waals surface area contributed by atoms with E-state index in [2.05, 4.69) is 0 Å². The number of carbonyl (C=O) groups is 2. The number of benzene rings is 1. The molecule has 0 bridgehead atoms. The van der Waals surface area contributed by atoms with Gasteiger partial charge in [0.1, 0.15) is 0 Å². The van der Waals surface area contributed by atoms with Crippen molar-refractivity contribution in [1.82, 2.24) is 9.80 Å². The molecule has 2 amide bonds. The molecule has 0 aromatic heterocycles. The number of rotatable bonds is 3. The number of likely N-dealkylation sites (N-methyl/N-ethyl adjacent to an activating group) is 1. The van der Waals surface area contributed by atoms with Crippen molar-refractivity contribution in [2.45, 2.75) is 6.92 Å². The molecule has 0 fully saturated rings. The van der Waals surface area contributed by atoms with Gasteiger partial charge in [-0.2, -0.15) is 0 Å². The molecule has 0 N–H and O–H groups in total. The molecule has 1 aliphatic heterocycles. The fourth-order valence-corrected chi connectivity index (χ4v) is 1.99. The molecule has 112 valence electrons. The molecule has 0 radical (unpaired) electrons. The fraction of sp³-hybridized carbons (Fsp3) is 0.286. The molecule has 0 saturated carbocycles. The van der Waals surface area contributed by atoms with E-state index in [1.54, 1.807) is 0 Å². The lowest BCUT2D eigenvalue weighted by Crippen LogP contribution is -2.44. The Bertz CT molecular complexity index is 616. The topological polar surface area (TPSA) is 49.9 Å². The number of esters is 1. The third-order valence-corrected chi connectivity index (χ3v) is 3.00. The lowest BCUT2D eigenvalue weighted by molar-refractivity contribution is -0.143. The molecule has 7 heteroatoms. The molecule has 1 heterocycles. The first-order valence-corrected chi connectivity index (χ1v) is 6.20. The van der Waals surface area contributed by atoms with Crippen LogP contribution in [-0.2, 0) is 9.53 Å². The first-order valence-electron chi connectivity index (χ1n) is 6.20. The minimum absolute atomic E-state index is 0.0715. The number of carbonyl (C=O) groups excluding carboxylic acids is 2. The summed E-state index contributed by atoms with van der Waals surface area (Å²) in [4.78, 5) is 25.2. The predicted octanol–water partition coefficient (Wildman–Crippen LogP) is 2.19. The van der Waals surface area contributed by atoms with Gasteiger partial charge in [0.2, 0.25) is 0 Å². The van der Waals surface area contributed by atoms with Gasteiger partial charge < -0.3 is 9.64 Å². The Kier molecular flexibility index (Phi) is 4.21. The van der Waals surface area contributed by atoms with Gasteiger partial charge in [-0.15, -0.1) is 0 Å². The van der Waals surface area contributed by atoms with Crippen LogP contribution in [0.4, 0.5) is 13.6 Å². The highest BCUT2D eigenvalue weighted by atomic mass is 19.2. The van der Waals surface area contributed by atoms with Crippen LogP contribution in [0.15, 0.2) is 24.4 Å². The number of ether oxygens (including phenoxy) is 1. The van der Waals surface area contributed by atoms with Gasteiger partial charge in [-0.1, -0.05) is 12.1 Å². The Morgan fingerprint density at radius 1 is 1.38 bits per heavy atom. The van der Waals surface area contributed by atoms with Gasteiger partial charge in [0, 0.05) is 32.3 Å². The van der Waals surface area contributed by atoms with Crippen molar-refractivity contribution in [3.05, 3.63) is 41.6 Å². The van der Waals surface area contributed by atoms with Gasteiger partial charge in [0.25, 0.3) is 0 Å². The molecule has 0 unspecified atom stereocenters. The largest absolute Gasteiger partial charge is 0.444 e. The molecular formula is C14H14F2N2O3. The lowest BCUT2D eigenvalue weighted by Gasteiger charge is -2.31. The van der Waals surface area contributed by atoms with E-state index in [0.717, 1.165) is 11.0 Å². The van der Waals surface area contributed by atoms with Crippen LogP contribution in [0, 0.1) is 11.6 Å². The van der Waals surface area contributed by atoms with Crippen LogP contribution in [-0.4, -0.2) is 42.1 Å². The van der Waals surface area contributed by atoms with Gasteiger partial charge >= 0.3 is 12.0 Å². The Hall–Kier alpha value is -2.44. The maximum absolute atomic E-state index is 13.8. The number of hydrogen-bond acceptors (Lipinski definition) is 3. The smallest absolute Gasteiger partial charge is 0.326 e. The van der Waals surface area contributed by atoms with E-state index in [4.69, 9.17) is 4.74 Å². The maximum Gasteiger partial charge on any atom is 0.326 e. The quantitative estimate of drug-likeness (QED) is 0.803. The highest BCUT2D eigenvalue weighted by Crippen LogP contribution is 2.25. The first kappa shape index (κ1) is 15.0. The van der Waals surface area contributed by atoms with Crippen LogP contribution >= 0.6 is 0 Å². The molecule has 1 aromatic carbocycles. The maximum atomic E-state index is 13.8. The summed E-state index contributed by atoms with van der Waals surface area (Å²) < 4.78 is 31.9. The summed E-state index contributed by atoms with van der Waals surface area (Å²) in [6.07, 6.45) is 1.36. The van der Waals surface area contributed by atoms with E-state index in [1.165, 1.54) is 37.2 Å². The minimum atomic E-state index is -0.973. The third kappa shape index (κ3) is 3.18. The summed E-state index contributed by atoms with van der Waals surface area (Å²) in [5, 5.41) is 0. The molecule has 0 saturated heterocycles. The van der Waals surface area contributed by atoms with E-state index >= 15 is 0 Å². The summed E-state index contributed by atoms with van der Waals surface area (Å²) in [5.74, 6) is -2.47. The summed E-state index contributed by atoms with van der Waals surface area (Å²) in [7, 11) is 1.52. The number of urea groups is 1. The van der Waals surface area contributed by atoms with Crippen LogP contribution in [0.2, 0.25) is 0 Å². The Labute approximate surface area is 120 Å². The van der Waals surface area contributed by atoms with Gasteiger partial charge in [-0.25, -0.2) is 13.6 Å². The van der Waals surface area contributed by atoms with E-state index in [9.17, 15) is 18.4 Å². The molecule has 0 spiro atoms. The Balaban J connectivity index is 2.33. The summed E-state index contributed by atoms with van der Waals surface area (Å²) in [6.45, 7) is 1.07. The van der Waals surface area contributed by atoms with Crippen LogP contribution in [0.1, 0.15) is 12.5 Å². The SMILES string of the molecule is CC(=O)OCN1C=C(c2cccc(F)c2F)CN(C)C1=O. The number of nitrogens with zero attached hydrogens (tertiary/aromatic N) is 2. The zero-order chi connectivity index (χ0) is 15.6. The van der Waals surface area contributed by atoms with Crippen molar-refractivity contribution < 1.29 is 23.1 Å². The molecule has 0 aliphatic carbocycles. The Morgan fingerprint density at radius 2 is 2.10 bits per heavy atom. The second kappa shape index (κ2) is 5.90. The molecule has 1 aliphatic rings. The van der Waals surface area contributed by atoms with Crippen molar-refractivity contribution in [3.8, 4) is 0 Å².